The summed E-state index contributed by atoms with van der Waals surface area (Å²) in [6.07, 6.45) is 1.98. The number of aromatic nitrogens is 1. The Hall–Kier alpha value is -2.67. The van der Waals surface area contributed by atoms with Gasteiger partial charge in [-0.15, -0.1) is 0 Å². The van der Waals surface area contributed by atoms with Crippen molar-refractivity contribution < 1.29 is 4.79 Å². The van der Waals surface area contributed by atoms with Gasteiger partial charge in [-0.2, -0.15) is 5.26 Å². The number of rotatable bonds is 3. The van der Waals surface area contributed by atoms with Gasteiger partial charge < -0.3 is 5.32 Å². The Morgan fingerprint density at radius 1 is 1.32 bits per heavy atom. The van der Waals surface area contributed by atoms with E-state index in [1.165, 1.54) is 0 Å². The van der Waals surface area contributed by atoms with E-state index in [1.807, 2.05) is 19.1 Å². The Labute approximate surface area is 111 Å². The average Bonchev–Trinajstić information content (AvgIpc) is 2.41. The molecule has 1 aromatic carbocycles. The third-order valence-corrected chi connectivity index (χ3v) is 2.65. The number of nitrogens with one attached hydrogen (secondary N) is 1. The van der Waals surface area contributed by atoms with Crippen LogP contribution in [0.15, 0.2) is 42.6 Å². The van der Waals surface area contributed by atoms with E-state index in [2.05, 4.69) is 16.4 Å². The summed E-state index contributed by atoms with van der Waals surface area (Å²) in [5.41, 5.74) is 3.02. The quantitative estimate of drug-likeness (QED) is 0.912. The highest BCUT2D eigenvalue weighted by atomic mass is 16.1. The number of anilines is 1. The number of carbonyl (C=O) groups excluding carboxylic acids is 1. The van der Waals surface area contributed by atoms with Crippen molar-refractivity contribution in [3.8, 4) is 6.07 Å². The molecule has 1 aromatic heterocycles. The van der Waals surface area contributed by atoms with Crippen molar-refractivity contribution in [3.63, 3.8) is 0 Å². The third kappa shape index (κ3) is 3.39. The highest BCUT2D eigenvalue weighted by Crippen LogP contribution is 2.12. The summed E-state index contributed by atoms with van der Waals surface area (Å²) in [4.78, 5) is 16.0. The van der Waals surface area contributed by atoms with E-state index in [0.29, 0.717) is 17.7 Å². The molecule has 0 fully saturated rings. The molecule has 4 nitrogen and oxygen atoms in total. The second kappa shape index (κ2) is 5.78. The van der Waals surface area contributed by atoms with Crippen LogP contribution in [0.4, 0.5) is 5.69 Å². The molecule has 1 amide bonds. The molecule has 0 aliphatic heterocycles. The molecular weight excluding hydrogens is 238 g/mol. The van der Waals surface area contributed by atoms with Gasteiger partial charge in [-0.05, 0) is 36.8 Å². The van der Waals surface area contributed by atoms with E-state index in [0.717, 1.165) is 11.3 Å². The molecule has 19 heavy (non-hydrogen) atoms. The summed E-state index contributed by atoms with van der Waals surface area (Å²) >= 11 is 0. The van der Waals surface area contributed by atoms with Gasteiger partial charge in [0.05, 0.1) is 12.5 Å². The average molecular weight is 251 g/mol. The molecule has 1 N–H and O–H groups in total. The molecule has 0 spiro atoms. The molecule has 0 aliphatic rings. The van der Waals surface area contributed by atoms with E-state index in [9.17, 15) is 4.79 Å². The van der Waals surface area contributed by atoms with Gasteiger partial charge in [-0.1, -0.05) is 12.1 Å². The highest BCUT2D eigenvalue weighted by molar-refractivity contribution is 6.04. The molecule has 0 radical (unpaired) electrons. The number of benzene rings is 1. The lowest BCUT2D eigenvalue weighted by Crippen LogP contribution is -2.12. The van der Waals surface area contributed by atoms with Gasteiger partial charge in [0.25, 0.3) is 5.91 Å². The number of amides is 1. The first-order valence-corrected chi connectivity index (χ1v) is 5.89. The van der Waals surface area contributed by atoms with Gasteiger partial charge in [0.15, 0.2) is 0 Å². The minimum Gasteiger partial charge on any atom is -0.322 e. The zero-order valence-electron chi connectivity index (χ0n) is 10.6. The Kier molecular flexibility index (Phi) is 3.89. The number of nitrogens with zero attached hydrogens (tertiary/aromatic N) is 2. The van der Waals surface area contributed by atoms with Crippen LogP contribution < -0.4 is 5.32 Å². The first-order valence-electron chi connectivity index (χ1n) is 5.89. The second-order valence-electron chi connectivity index (χ2n) is 4.17. The molecule has 1 heterocycles. The van der Waals surface area contributed by atoms with Crippen molar-refractivity contribution in [2.75, 3.05) is 5.32 Å². The zero-order valence-corrected chi connectivity index (χ0v) is 10.6. The Bertz CT molecular complexity index is 627. The Morgan fingerprint density at radius 2 is 2.05 bits per heavy atom. The summed E-state index contributed by atoms with van der Waals surface area (Å²) in [7, 11) is 0. The number of hydrogen-bond acceptors (Lipinski definition) is 3. The number of carbonyl (C=O) groups is 1. The Balaban J connectivity index is 2.09. The fourth-order valence-electron chi connectivity index (χ4n) is 1.69. The van der Waals surface area contributed by atoms with Crippen LogP contribution in [0.2, 0.25) is 0 Å². The zero-order chi connectivity index (χ0) is 13.7. The van der Waals surface area contributed by atoms with E-state index in [4.69, 9.17) is 5.26 Å². The predicted octanol–water partition coefficient (Wildman–Crippen LogP) is 2.71. The van der Waals surface area contributed by atoms with E-state index in [-0.39, 0.29) is 5.91 Å². The van der Waals surface area contributed by atoms with Crippen LogP contribution in [0.3, 0.4) is 0 Å². The molecule has 0 bridgehead atoms. The second-order valence-corrected chi connectivity index (χ2v) is 4.17. The van der Waals surface area contributed by atoms with E-state index in [1.54, 1.807) is 30.5 Å². The molecule has 94 valence electrons. The van der Waals surface area contributed by atoms with Gasteiger partial charge in [0.1, 0.15) is 0 Å². The maximum atomic E-state index is 12.0. The van der Waals surface area contributed by atoms with Crippen LogP contribution >= 0.6 is 0 Å². The number of hydrogen-bond donors (Lipinski definition) is 1. The third-order valence-electron chi connectivity index (χ3n) is 2.65. The standard InChI is InChI=1S/C15H13N3O/c1-11-10-13(7-9-17-11)15(19)18-14-4-2-12(3-5-14)6-8-16/h2-5,7,9-10H,6H2,1H3,(H,18,19). The molecular formula is C15H13N3O. The van der Waals surface area contributed by atoms with Crippen molar-refractivity contribution >= 4 is 11.6 Å². The van der Waals surface area contributed by atoms with Crippen molar-refractivity contribution in [3.05, 3.63) is 59.4 Å². The van der Waals surface area contributed by atoms with Crippen molar-refractivity contribution in [2.45, 2.75) is 13.3 Å². The molecule has 0 unspecified atom stereocenters. The minimum atomic E-state index is -0.168. The van der Waals surface area contributed by atoms with Crippen LogP contribution in [-0.2, 0) is 6.42 Å². The van der Waals surface area contributed by atoms with E-state index >= 15 is 0 Å². The first-order chi connectivity index (χ1) is 9.19. The van der Waals surface area contributed by atoms with Crippen molar-refractivity contribution in [1.29, 1.82) is 5.26 Å². The smallest absolute Gasteiger partial charge is 0.255 e. The van der Waals surface area contributed by atoms with Gasteiger partial charge in [-0.3, -0.25) is 9.78 Å². The van der Waals surface area contributed by atoms with Crippen LogP contribution in [0, 0.1) is 18.3 Å². The van der Waals surface area contributed by atoms with Gasteiger partial charge >= 0.3 is 0 Å². The normalized spacial score (nSPS) is 9.68. The highest BCUT2D eigenvalue weighted by Gasteiger charge is 2.06. The molecule has 0 atom stereocenters. The molecule has 0 saturated carbocycles. The monoisotopic (exact) mass is 251 g/mol. The topological polar surface area (TPSA) is 65.8 Å². The van der Waals surface area contributed by atoms with Crippen LogP contribution in [0.5, 0.6) is 0 Å². The van der Waals surface area contributed by atoms with Gasteiger partial charge in [0.2, 0.25) is 0 Å². The van der Waals surface area contributed by atoms with Crippen LogP contribution in [0.1, 0.15) is 21.6 Å². The lowest BCUT2D eigenvalue weighted by Gasteiger charge is -2.06. The number of pyridine rings is 1. The summed E-state index contributed by atoms with van der Waals surface area (Å²) < 4.78 is 0. The molecule has 4 heteroatoms. The summed E-state index contributed by atoms with van der Waals surface area (Å²) in [5.74, 6) is -0.168. The number of aryl methyl sites for hydroxylation is 1. The summed E-state index contributed by atoms with van der Waals surface area (Å²) in [5, 5.41) is 11.4. The lowest BCUT2D eigenvalue weighted by molar-refractivity contribution is 0.102. The van der Waals surface area contributed by atoms with Crippen LogP contribution in [0.25, 0.3) is 0 Å². The van der Waals surface area contributed by atoms with Crippen molar-refractivity contribution in [1.82, 2.24) is 4.98 Å². The SMILES string of the molecule is Cc1cc(C(=O)Nc2ccc(CC#N)cc2)ccn1. The Morgan fingerprint density at radius 3 is 2.68 bits per heavy atom. The fraction of sp³-hybridized carbons (Fsp3) is 0.133. The number of nitriles is 1. The van der Waals surface area contributed by atoms with Gasteiger partial charge in [0, 0.05) is 23.1 Å². The van der Waals surface area contributed by atoms with E-state index < -0.39 is 0 Å². The molecule has 2 rings (SSSR count). The van der Waals surface area contributed by atoms with Gasteiger partial charge in [-0.25, -0.2) is 0 Å². The summed E-state index contributed by atoms with van der Waals surface area (Å²) in [6, 6.07) is 12.7. The van der Waals surface area contributed by atoms with Crippen molar-refractivity contribution in [2.24, 2.45) is 0 Å². The lowest BCUT2D eigenvalue weighted by atomic mass is 10.1. The maximum absolute atomic E-state index is 12.0. The molecule has 2 aromatic rings. The molecule has 0 aliphatic carbocycles. The molecule has 0 saturated heterocycles. The first kappa shape index (κ1) is 12.8. The predicted molar refractivity (Wildman–Crippen MR) is 72.7 cm³/mol. The summed E-state index contributed by atoms with van der Waals surface area (Å²) in [6.45, 7) is 1.84. The van der Waals surface area contributed by atoms with Crippen LogP contribution in [-0.4, -0.2) is 10.9 Å². The maximum Gasteiger partial charge on any atom is 0.255 e. The fourth-order valence-corrected chi connectivity index (χ4v) is 1.69. The minimum absolute atomic E-state index is 0.168. The largest absolute Gasteiger partial charge is 0.322 e.